The second-order valence-corrected chi connectivity index (χ2v) is 3.46. The van der Waals surface area contributed by atoms with Crippen molar-refractivity contribution in [3.63, 3.8) is 0 Å². The molecule has 0 fully saturated rings. The second-order valence-electron chi connectivity index (χ2n) is 3.46. The van der Waals surface area contributed by atoms with Gasteiger partial charge >= 0.3 is 12.0 Å². The van der Waals surface area contributed by atoms with Gasteiger partial charge in [-0.3, -0.25) is 4.79 Å². The largest absolute Gasteiger partial charge is 0.481 e. The van der Waals surface area contributed by atoms with E-state index in [-0.39, 0.29) is 6.42 Å². The summed E-state index contributed by atoms with van der Waals surface area (Å²) >= 11 is 0. The quantitative estimate of drug-likeness (QED) is 0.725. The normalized spacial score (nSPS) is 11.6. The number of hydrogen-bond donors (Lipinski definition) is 3. The molecule has 2 amide bonds. The van der Waals surface area contributed by atoms with Crippen LogP contribution in [0.1, 0.15) is 13.3 Å². The molecule has 0 unspecified atom stereocenters. The molecule has 0 aliphatic rings. The molecule has 1 aromatic rings. The maximum absolute atomic E-state index is 11.4. The van der Waals surface area contributed by atoms with E-state index in [2.05, 4.69) is 10.6 Å². The number of hydrogen-bond acceptors (Lipinski definition) is 2. The fourth-order valence-electron chi connectivity index (χ4n) is 1.23. The fourth-order valence-corrected chi connectivity index (χ4v) is 1.23. The summed E-state index contributed by atoms with van der Waals surface area (Å²) in [4.78, 5) is 21.8. The predicted octanol–water partition coefficient (Wildman–Crippen LogP) is 1.67. The lowest BCUT2D eigenvalue weighted by molar-refractivity contribution is -0.137. The van der Waals surface area contributed by atoms with E-state index in [1.165, 1.54) is 0 Å². The molecule has 1 rings (SSSR count). The van der Waals surface area contributed by atoms with Crippen LogP contribution in [-0.2, 0) is 4.79 Å². The van der Waals surface area contributed by atoms with Gasteiger partial charge in [0.05, 0.1) is 6.42 Å². The third-order valence-corrected chi connectivity index (χ3v) is 1.89. The minimum Gasteiger partial charge on any atom is -0.481 e. The van der Waals surface area contributed by atoms with Crippen LogP contribution >= 0.6 is 0 Å². The van der Waals surface area contributed by atoms with E-state index < -0.39 is 18.0 Å². The van der Waals surface area contributed by atoms with Gasteiger partial charge < -0.3 is 15.7 Å². The molecular formula is C11H14N2O3. The van der Waals surface area contributed by atoms with E-state index in [1.807, 2.05) is 6.07 Å². The van der Waals surface area contributed by atoms with E-state index in [1.54, 1.807) is 31.2 Å². The summed E-state index contributed by atoms with van der Waals surface area (Å²) < 4.78 is 0. The molecule has 86 valence electrons. The number of urea groups is 1. The van der Waals surface area contributed by atoms with Crippen molar-refractivity contribution in [3.05, 3.63) is 30.3 Å². The number of aliphatic carboxylic acids is 1. The fraction of sp³-hybridized carbons (Fsp3) is 0.273. The minimum atomic E-state index is -0.937. The maximum Gasteiger partial charge on any atom is 0.319 e. The van der Waals surface area contributed by atoms with Crippen molar-refractivity contribution in [1.82, 2.24) is 5.32 Å². The van der Waals surface area contributed by atoms with Crippen molar-refractivity contribution in [3.8, 4) is 0 Å². The Morgan fingerprint density at radius 1 is 1.31 bits per heavy atom. The molecule has 5 nitrogen and oxygen atoms in total. The molecule has 0 saturated carbocycles. The van der Waals surface area contributed by atoms with Gasteiger partial charge in [-0.2, -0.15) is 0 Å². The van der Waals surface area contributed by atoms with E-state index >= 15 is 0 Å². The van der Waals surface area contributed by atoms with Gasteiger partial charge in [-0.1, -0.05) is 18.2 Å². The molecule has 0 saturated heterocycles. The van der Waals surface area contributed by atoms with Crippen molar-refractivity contribution in [2.24, 2.45) is 0 Å². The van der Waals surface area contributed by atoms with Crippen LogP contribution in [0.2, 0.25) is 0 Å². The van der Waals surface area contributed by atoms with Crippen molar-refractivity contribution < 1.29 is 14.7 Å². The van der Waals surface area contributed by atoms with E-state index in [9.17, 15) is 9.59 Å². The van der Waals surface area contributed by atoms with Crippen LogP contribution in [0.4, 0.5) is 10.5 Å². The smallest absolute Gasteiger partial charge is 0.319 e. The summed E-state index contributed by atoms with van der Waals surface area (Å²) in [5, 5.41) is 13.6. The van der Waals surface area contributed by atoms with Crippen LogP contribution in [0.15, 0.2) is 30.3 Å². The van der Waals surface area contributed by atoms with Crippen LogP contribution in [-0.4, -0.2) is 23.1 Å². The maximum atomic E-state index is 11.4. The molecule has 0 aliphatic heterocycles. The highest BCUT2D eigenvalue weighted by Gasteiger charge is 2.10. The van der Waals surface area contributed by atoms with Crippen molar-refractivity contribution in [1.29, 1.82) is 0 Å². The van der Waals surface area contributed by atoms with Gasteiger partial charge in [0.15, 0.2) is 0 Å². The number of anilines is 1. The third kappa shape index (κ3) is 4.45. The molecule has 3 N–H and O–H groups in total. The number of amides is 2. The molecule has 1 atom stereocenters. The number of carboxylic acid groups (broad SMARTS) is 1. The molecule has 0 aliphatic carbocycles. The average molecular weight is 222 g/mol. The van der Waals surface area contributed by atoms with Gasteiger partial charge in [-0.15, -0.1) is 0 Å². The standard InChI is InChI=1S/C11H14N2O3/c1-8(7-10(14)15)12-11(16)13-9-5-3-2-4-6-9/h2-6,8H,7H2,1H3,(H,14,15)(H2,12,13,16)/t8-/m1/s1. The van der Waals surface area contributed by atoms with E-state index in [4.69, 9.17) is 5.11 Å². The Morgan fingerprint density at radius 2 is 1.94 bits per heavy atom. The topological polar surface area (TPSA) is 78.4 Å². The van der Waals surface area contributed by atoms with E-state index in [0.717, 1.165) is 0 Å². The summed E-state index contributed by atoms with van der Waals surface area (Å²) in [5.74, 6) is -0.937. The van der Waals surface area contributed by atoms with Crippen LogP contribution < -0.4 is 10.6 Å². The number of rotatable bonds is 4. The summed E-state index contributed by atoms with van der Waals surface area (Å²) in [6.07, 6.45) is -0.0950. The number of nitrogens with one attached hydrogen (secondary N) is 2. The first kappa shape index (κ1) is 12.0. The Hall–Kier alpha value is -2.04. The van der Waals surface area contributed by atoms with Crippen molar-refractivity contribution in [2.45, 2.75) is 19.4 Å². The summed E-state index contributed by atoms with van der Waals surface area (Å²) in [7, 11) is 0. The predicted molar refractivity (Wildman–Crippen MR) is 60.3 cm³/mol. The molecule has 1 aromatic carbocycles. The van der Waals surface area contributed by atoms with Crippen molar-refractivity contribution >= 4 is 17.7 Å². The zero-order chi connectivity index (χ0) is 12.0. The average Bonchev–Trinajstić information content (AvgIpc) is 2.17. The SMILES string of the molecule is C[C@H](CC(=O)O)NC(=O)Nc1ccccc1. The number of carbonyl (C=O) groups excluding carboxylic acids is 1. The highest BCUT2D eigenvalue weighted by Crippen LogP contribution is 2.04. The lowest BCUT2D eigenvalue weighted by atomic mass is 10.2. The van der Waals surface area contributed by atoms with Crippen LogP contribution in [0.25, 0.3) is 0 Å². The first-order valence-corrected chi connectivity index (χ1v) is 4.92. The van der Waals surface area contributed by atoms with Gasteiger partial charge in [0.1, 0.15) is 0 Å². The minimum absolute atomic E-state index is 0.0950. The molecular weight excluding hydrogens is 208 g/mol. The first-order chi connectivity index (χ1) is 7.58. The van der Waals surface area contributed by atoms with Crippen molar-refractivity contribution in [2.75, 3.05) is 5.32 Å². The molecule has 0 spiro atoms. The zero-order valence-electron chi connectivity index (χ0n) is 8.93. The Bertz CT molecular complexity index is 365. The number of carbonyl (C=O) groups is 2. The molecule has 0 heterocycles. The van der Waals surface area contributed by atoms with Crippen LogP contribution in [0.5, 0.6) is 0 Å². The van der Waals surface area contributed by atoms with Crippen LogP contribution in [0, 0.1) is 0 Å². The second kappa shape index (κ2) is 5.75. The van der Waals surface area contributed by atoms with Crippen LogP contribution in [0.3, 0.4) is 0 Å². The van der Waals surface area contributed by atoms with Gasteiger partial charge in [0.2, 0.25) is 0 Å². The Kier molecular flexibility index (Phi) is 4.32. The van der Waals surface area contributed by atoms with Gasteiger partial charge in [0, 0.05) is 11.7 Å². The summed E-state index contributed by atoms with van der Waals surface area (Å²) in [5.41, 5.74) is 0.669. The number of para-hydroxylation sites is 1. The lowest BCUT2D eigenvalue weighted by Gasteiger charge is -2.12. The Morgan fingerprint density at radius 3 is 2.50 bits per heavy atom. The lowest BCUT2D eigenvalue weighted by Crippen LogP contribution is -2.37. The number of benzene rings is 1. The summed E-state index contributed by atoms with van der Waals surface area (Å²) in [6, 6.07) is 8.15. The highest BCUT2D eigenvalue weighted by atomic mass is 16.4. The molecule has 0 bridgehead atoms. The summed E-state index contributed by atoms with van der Waals surface area (Å²) in [6.45, 7) is 1.64. The zero-order valence-corrected chi connectivity index (χ0v) is 8.93. The van der Waals surface area contributed by atoms with E-state index in [0.29, 0.717) is 5.69 Å². The Balaban J connectivity index is 2.39. The molecule has 5 heteroatoms. The van der Waals surface area contributed by atoms with Gasteiger partial charge in [0.25, 0.3) is 0 Å². The molecule has 0 aromatic heterocycles. The highest BCUT2D eigenvalue weighted by molar-refractivity contribution is 5.89. The third-order valence-electron chi connectivity index (χ3n) is 1.89. The van der Waals surface area contributed by atoms with Gasteiger partial charge in [-0.05, 0) is 19.1 Å². The number of carboxylic acids is 1. The first-order valence-electron chi connectivity index (χ1n) is 4.92. The molecule has 0 radical (unpaired) electrons. The monoisotopic (exact) mass is 222 g/mol. The van der Waals surface area contributed by atoms with Gasteiger partial charge in [-0.25, -0.2) is 4.79 Å². The molecule has 16 heavy (non-hydrogen) atoms. The Labute approximate surface area is 93.5 Å².